The van der Waals surface area contributed by atoms with Crippen molar-refractivity contribution in [1.82, 2.24) is 0 Å². The SMILES string of the molecule is C[C@H](CCO)CCCC(C)(C)C1CC(=O)c2ccccc2O1. The molecule has 1 aliphatic rings. The Bertz CT molecular complexity index is 507. The number of carbonyl (C=O) groups is 1. The third-order valence-corrected chi connectivity index (χ3v) is 4.84. The molecule has 1 N–H and O–H groups in total. The van der Waals surface area contributed by atoms with Crippen LogP contribution in [0.15, 0.2) is 24.3 Å². The quantitative estimate of drug-likeness (QED) is 0.819. The molecular formula is C19H28O3. The topological polar surface area (TPSA) is 46.5 Å². The van der Waals surface area contributed by atoms with E-state index in [0.29, 0.717) is 17.9 Å². The number of ketones is 1. The number of para-hydroxylation sites is 1. The molecule has 0 saturated carbocycles. The van der Waals surface area contributed by atoms with Gasteiger partial charge in [-0.1, -0.05) is 45.7 Å². The van der Waals surface area contributed by atoms with Gasteiger partial charge in [0.2, 0.25) is 0 Å². The zero-order chi connectivity index (χ0) is 16.2. The lowest BCUT2D eigenvalue weighted by atomic mass is 9.77. The molecule has 1 aromatic carbocycles. The first-order valence-corrected chi connectivity index (χ1v) is 8.34. The van der Waals surface area contributed by atoms with Crippen molar-refractivity contribution in [2.24, 2.45) is 11.3 Å². The third kappa shape index (κ3) is 4.10. The molecule has 1 aliphatic heterocycles. The molecule has 1 aromatic rings. The van der Waals surface area contributed by atoms with Crippen molar-refractivity contribution >= 4 is 5.78 Å². The Balaban J connectivity index is 1.94. The van der Waals surface area contributed by atoms with E-state index in [2.05, 4.69) is 20.8 Å². The number of rotatable bonds is 7. The van der Waals surface area contributed by atoms with Crippen LogP contribution in [0.25, 0.3) is 0 Å². The van der Waals surface area contributed by atoms with Crippen LogP contribution in [0.3, 0.4) is 0 Å². The van der Waals surface area contributed by atoms with Crippen LogP contribution in [0.2, 0.25) is 0 Å². The Kier molecular flexibility index (Phi) is 5.63. The molecule has 3 heteroatoms. The normalized spacial score (nSPS) is 19.5. The van der Waals surface area contributed by atoms with Gasteiger partial charge in [-0.25, -0.2) is 0 Å². The van der Waals surface area contributed by atoms with Crippen molar-refractivity contribution in [1.29, 1.82) is 0 Å². The lowest BCUT2D eigenvalue weighted by molar-refractivity contribution is 0.0409. The smallest absolute Gasteiger partial charge is 0.170 e. The van der Waals surface area contributed by atoms with Crippen LogP contribution in [-0.4, -0.2) is 23.6 Å². The highest BCUT2D eigenvalue weighted by molar-refractivity contribution is 5.99. The lowest BCUT2D eigenvalue weighted by Crippen LogP contribution is -2.39. The molecule has 1 heterocycles. The van der Waals surface area contributed by atoms with Gasteiger partial charge in [-0.3, -0.25) is 4.79 Å². The minimum atomic E-state index is -0.0527. The second kappa shape index (κ2) is 7.28. The van der Waals surface area contributed by atoms with E-state index in [9.17, 15) is 4.79 Å². The first-order chi connectivity index (χ1) is 10.4. The number of hydrogen-bond acceptors (Lipinski definition) is 3. The van der Waals surface area contributed by atoms with Crippen LogP contribution in [0.5, 0.6) is 5.75 Å². The summed E-state index contributed by atoms with van der Waals surface area (Å²) in [6, 6.07) is 7.53. The van der Waals surface area contributed by atoms with Crippen molar-refractivity contribution in [2.75, 3.05) is 6.61 Å². The molecule has 1 unspecified atom stereocenters. The van der Waals surface area contributed by atoms with Gasteiger partial charge in [-0.05, 0) is 30.9 Å². The van der Waals surface area contributed by atoms with Gasteiger partial charge in [-0.15, -0.1) is 0 Å². The minimum Gasteiger partial charge on any atom is -0.489 e. The van der Waals surface area contributed by atoms with Gasteiger partial charge in [0.05, 0.1) is 5.56 Å². The van der Waals surface area contributed by atoms with E-state index in [1.807, 2.05) is 24.3 Å². The number of Topliss-reactive ketones (excluding diaryl/α,β-unsaturated/α-hetero) is 1. The molecule has 0 aromatic heterocycles. The maximum Gasteiger partial charge on any atom is 0.170 e. The molecule has 0 fully saturated rings. The highest BCUT2D eigenvalue weighted by Crippen LogP contribution is 2.38. The Morgan fingerprint density at radius 1 is 1.32 bits per heavy atom. The van der Waals surface area contributed by atoms with Crippen molar-refractivity contribution in [3.05, 3.63) is 29.8 Å². The Morgan fingerprint density at radius 3 is 2.77 bits per heavy atom. The first-order valence-electron chi connectivity index (χ1n) is 8.34. The van der Waals surface area contributed by atoms with E-state index >= 15 is 0 Å². The number of hydrogen-bond donors (Lipinski definition) is 1. The number of aliphatic hydroxyl groups is 1. The highest BCUT2D eigenvalue weighted by Gasteiger charge is 2.37. The molecular weight excluding hydrogens is 276 g/mol. The maximum absolute atomic E-state index is 12.3. The van der Waals surface area contributed by atoms with Crippen LogP contribution in [0.1, 0.15) is 63.2 Å². The average molecular weight is 304 g/mol. The fourth-order valence-corrected chi connectivity index (χ4v) is 3.14. The second-order valence-corrected chi connectivity index (χ2v) is 7.23. The minimum absolute atomic E-state index is 0.0257. The molecule has 122 valence electrons. The molecule has 0 radical (unpaired) electrons. The number of benzene rings is 1. The van der Waals surface area contributed by atoms with Crippen molar-refractivity contribution in [3.8, 4) is 5.75 Å². The van der Waals surface area contributed by atoms with Crippen LogP contribution >= 0.6 is 0 Å². The molecule has 2 rings (SSSR count). The van der Waals surface area contributed by atoms with Crippen LogP contribution in [-0.2, 0) is 0 Å². The van der Waals surface area contributed by atoms with Gasteiger partial charge < -0.3 is 9.84 Å². The molecule has 0 aliphatic carbocycles. The van der Waals surface area contributed by atoms with E-state index in [-0.39, 0.29) is 23.9 Å². The predicted molar refractivity (Wildman–Crippen MR) is 88.3 cm³/mol. The van der Waals surface area contributed by atoms with Gasteiger partial charge in [0, 0.05) is 18.4 Å². The summed E-state index contributed by atoms with van der Waals surface area (Å²) in [6.07, 6.45) is 4.53. The molecule has 0 spiro atoms. The molecule has 0 bridgehead atoms. The Morgan fingerprint density at radius 2 is 2.05 bits per heavy atom. The first kappa shape index (κ1) is 17.0. The summed E-state index contributed by atoms with van der Waals surface area (Å²) >= 11 is 0. The van der Waals surface area contributed by atoms with Crippen molar-refractivity contribution < 1.29 is 14.6 Å². The van der Waals surface area contributed by atoms with Crippen molar-refractivity contribution in [2.45, 2.75) is 59.0 Å². The third-order valence-electron chi connectivity index (χ3n) is 4.84. The monoisotopic (exact) mass is 304 g/mol. The summed E-state index contributed by atoms with van der Waals surface area (Å²) in [5, 5.41) is 8.96. The summed E-state index contributed by atoms with van der Waals surface area (Å²) in [5.41, 5.74) is 0.688. The highest BCUT2D eigenvalue weighted by atomic mass is 16.5. The summed E-state index contributed by atoms with van der Waals surface area (Å²) < 4.78 is 6.11. The van der Waals surface area contributed by atoms with Gasteiger partial charge in [0.1, 0.15) is 11.9 Å². The van der Waals surface area contributed by atoms with Gasteiger partial charge in [-0.2, -0.15) is 0 Å². The van der Waals surface area contributed by atoms with E-state index in [1.165, 1.54) is 0 Å². The zero-order valence-electron chi connectivity index (χ0n) is 14.0. The molecule has 22 heavy (non-hydrogen) atoms. The summed E-state index contributed by atoms with van der Waals surface area (Å²) in [7, 11) is 0. The Labute approximate surface area is 133 Å². The van der Waals surface area contributed by atoms with E-state index in [1.54, 1.807) is 0 Å². The average Bonchev–Trinajstić information content (AvgIpc) is 2.47. The number of carbonyl (C=O) groups excluding carboxylic acids is 1. The fraction of sp³-hybridized carbons (Fsp3) is 0.632. The summed E-state index contributed by atoms with van der Waals surface area (Å²) in [4.78, 5) is 12.3. The molecule has 0 amide bonds. The van der Waals surface area contributed by atoms with E-state index in [0.717, 1.165) is 31.4 Å². The lowest BCUT2D eigenvalue weighted by Gasteiger charge is -2.37. The van der Waals surface area contributed by atoms with Crippen LogP contribution < -0.4 is 4.74 Å². The van der Waals surface area contributed by atoms with E-state index < -0.39 is 0 Å². The molecule has 2 atom stereocenters. The van der Waals surface area contributed by atoms with Gasteiger partial charge >= 0.3 is 0 Å². The number of ether oxygens (including phenoxy) is 1. The second-order valence-electron chi connectivity index (χ2n) is 7.23. The zero-order valence-corrected chi connectivity index (χ0v) is 14.0. The van der Waals surface area contributed by atoms with Crippen LogP contribution in [0.4, 0.5) is 0 Å². The van der Waals surface area contributed by atoms with Gasteiger partial charge in [0.25, 0.3) is 0 Å². The molecule has 3 nitrogen and oxygen atoms in total. The number of fused-ring (bicyclic) bond motifs is 1. The standard InChI is InChI=1S/C19H28O3/c1-14(10-12-20)7-6-11-19(2,3)18-13-16(21)15-8-4-5-9-17(15)22-18/h4-5,8-9,14,18,20H,6-7,10-13H2,1-3H3/t14-,18?/m0/s1. The number of aliphatic hydroxyl groups excluding tert-OH is 1. The summed E-state index contributed by atoms with van der Waals surface area (Å²) in [6.45, 7) is 6.83. The van der Waals surface area contributed by atoms with Gasteiger partial charge in [0.15, 0.2) is 5.78 Å². The largest absolute Gasteiger partial charge is 0.489 e. The predicted octanol–water partition coefficient (Wildman–Crippen LogP) is 4.24. The maximum atomic E-state index is 12.3. The van der Waals surface area contributed by atoms with Crippen LogP contribution in [0, 0.1) is 11.3 Å². The van der Waals surface area contributed by atoms with Crippen molar-refractivity contribution in [3.63, 3.8) is 0 Å². The Hall–Kier alpha value is -1.35. The fourth-order valence-electron chi connectivity index (χ4n) is 3.14. The molecule has 0 saturated heterocycles. The van der Waals surface area contributed by atoms with E-state index in [4.69, 9.17) is 9.84 Å². The summed E-state index contributed by atoms with van der Waals surface area (Å²) in [5.74, 6) is 1.47.